The molecule has 1 heterocycles. The van der Waals surface area contributed by atoms with Gasteiger partial charge < -0.3 is 14.8 Å². The summed E-state index contributed by atoms with van der Waals surface area (Å²) in [7, 11) is 2.37. The summed E-state index contributed by atoms with van der Waals surface area (Å²) in [6.07, 6.45) is 7.75. The Hall–Kier alpha value is -3.76. The predicted molar refractivity (Wildman–Crippen MR) is 122 cm³/mol. The Kier molecular flexibility index (Phi) is 5.57. The zero-order chi connectivity index (χ0) is 24.9. The molecule has 1 amide bonds. The molecule has 4 aliphatic carbocycles. The molecule has 0 aliphatic heterocycles. The number of nitrogens with zero attached hydrogens (tertiary/aromatic N) is 3. The third-order valence-corrected chi connectivity index (χ3v) is 7.63. The van der Waals surface area contributed by atoms with Crippen LogP contribution in [0.4, 0.5) is 11.4 Å². The van der Waals surface area contributed by atoms with Crippen molar-refractivity contribution < 1.29 is 28.8 Å². The Morgan fingerprint density at radius 3 is 1.97 bits per heavy atom. The number of carbonyl (C=O) groups is 3. The number of anilines is 1. The van der Waals surface area contributed by atoms with Crippen molar-refractivity contribution in [3.63, 3.8) is 0 Å². The van der Waals surface area contributed by atoms with E-state index in [4.69, 9.17) is 9.47 Å². The van der Waals surface area contributed by atoms with Crippen LogP contribution in [0.2, 0.25) is 0 Å². The van der Waals surface area contributed by atoms with Crippen molar-refractivity contribution >= 4 is 29.2 Å². The lowest BCUT2D eigenvalue weighted by Gasteiger charge is -2.56. The minimum absolute atomic E-state index is 0.0132. The first-order chi connectivity index (χ1) is 16.7. The van der Waals surface area contributed by atoms with Crippen LogP contribution in [-0.2, 0) is 15.0 Å². The molecule has 4 bridgehead atoms. The second-order valence-corrected chi connectivity index (χ2v) is 9.94. The first-order valence-corrected chi connectivity index (χ1v) is 11.6. The van der Waals surface area contributed by atoms with Gasteiger partial charge in [0.05, 0.1) is 35.8 Å². The van der Waals surface area contributed by atoms with Crippen LogP contribution in [0, 0.1) is 27.9 Å². The summed E-state index contributed by atoms with van der Waals surface area (Å²) < 4.78 is 11.1. The molecule has 0 unspecified atom stereocenters. The second-order valence-electron chi connectivity index (χ2n) is 9.94. The number of methoxy groups -OCH3 is 2. The van der Waals surface area contributed by atoms with Crippen molar-refractivity contribution in [3.05, 3.63) is 51.3 Å². The van der Waals surface area contributed by atoms with E-state index in [0.717, 1.165) is 19.3 Å². The van der Waals surface area contributed by atoms with E-state index in [1.165, 1.54) is 57.9 Å². The van der Waals surface area contributed by atoms with E-state index in [1.807, 2.05) is 0 Å². The number of aromatic nitrogens is 2. The van der Waals surface area contributed by atoms with Gasteiger partial charge in [0.15, 0.2) is 0 Å². The highest BCUT2D eigenvalue weighted by Crippen LogP contribution is 2.58. The van der Waals surface area contributed by atoms with Crippen LogP contribution < -0.4 is 5.32 Å². The number of rotatable bonds is 6. The van der Waals surface area contributed by atoms with E-state index in [1.54, 1.807) is 4.68 Å². The average Bonchev–Trinajstić information content (AvgIpc) is 3.29. The summed E-state index contributed by atoms with van der Waals surface area (Å²) in [5.41, 5.74) is -0.874. The number of ether oxygens (including phenoxy) is 2. The lowest BCUT2D eigenvalue weighted by atomic mass is 9.53. The van der Waals surface area contributed by atoms with Crippen LogP contribution in [0.25, 0.3) is 0 Å². The van der Waals surface area contributed by atoms with Gasteiger partial charge in [-0.15, -0.1) is 0 Å². The summed E-state index contributed by atoms with van der Waals surface area (Å²) in [6.45, 7) is 0. The van der Waals surface area contributed by atoms with Crippen molar-refractivity contribution in [2.75, 3.05) is 19.5 Å². The smallest absolute Gasteiger partial charge is 0.337 e. The molecule has 4 saturated carbocycles. The maximum atomic E-state index is 13.2. The SMILES string of the molecule is COC(=O)c1cc(NC(=O)c2nn(C34CC5CC(CC(C5)C3)C4)cc2[N+](=O)[O-])cc(C(=O)OC)c1. The molecule has 4 fully saturated rings. The Labute approximate surface area is 200 Å². The van der Waals surface area contributed by atoms with Gasteiger partial charge in [-0.1, -0.05) is 0 Å². The summed E-state index contributed by atoms with van der Waals surface area (Å²) in [6, 6.07) is 3.91. The van der Waals surface area contributed by atoms with Crippen LogP contribution >= 0.6 is 0 Å². The van der Waals surface area contributed by atoms with Crippen LogP contribution in [-0.4, -0.2) is 46.8 Å². The van der Waals surface area contributed by atoms with Gasteiger partial charge in [-0.05, 0) is 74.5 Å². The molecule has 0 radical (unpaired) electrons. The number of esters is 2. The van der Waals surface area contributed by atoms with Gasteiger partial charge in [0, 0.05) is 5.69 Å². The molecule has 11 nitrogen and oxygen atoms in total. The number of benzene rings is 1. The highest BCUT2D eigenvalue weighted by atomic mass is 16.6. The molecule has 11 heteroatoms. The normalized spacial score (nSPS) is 26.3. The van der Waals surface area contributed by atoms with Crippen LogP contribution in [0.3, 0.4) is 0 Å². The van der Waals surface area contributed by atoms with Crippen molar-refractivity contribution in [2.45, 2.75) is 44.1 Å². The van der Waals surface area contributed by atoms with E-state index in [9.17, 15) is 24.5 Å². The topological polar surface area (TPSA) is 143 Å². The lowest BCUT2D eigenvalue weighted by molar-refractivity contribution is -0.385. The van der Waals surface area contributed by atoms with E-state index < -0.39 is 22.8 Å². The highest BCUT2D eigenvalue weighted by Gasteiger charge is 2.53. The van der Waals surface area contributed by atoms with Gasteiger partial charge in [-0.3, -0.25) is 19.6 Å². The third-order valence-electron chi connectivity index (χ3n) is 7.63. The Morgan fingerprint density at radius 2 is 1.51 bits per heavy atom. The van der Waals surface area contributed by atoms with E-state index in [2.05, 4.69) is 10.4 Å². The predicted octanol–water partition coefficient (Wildman–Crippen LogP) is 3.54. The van der Waals surface area contributed by atoms with Crippen molar-refractivity contribution in [1.29, 1.82) is 0 Å². The average molecular weight is 482 g/mol. The highest BCUT2D eigenvalue weighted by molar-refractivity contribution is 6.07. The molecule has 1 aromatic carbocycles. The first kappa shape index (κ1) is 23.0. The number of carbonyl (C=O) groups excluding carboxylic acids is 3. The molecule has 6 rings (SSSR count). The maximum absolute atomic E-state index is 13.2. The monoisotopic (exact) mass is 482 g/mol. The quantitative estimate of drug-likeness (QED) is 0.374. The molecule has 184 valence electrons. The number of nitrogens with one attached hydrogen (secondary N) is 1. The van der Waals surface area contributed by atoms with E-state index >= 15 is 0 Å². The molecule has 1 aromatic heterocycles. The van der Waals surface area contributed by atoms with Gasteiger partial charge in [0.1, 0.15) is 6.20 Å². The van der Waals surface area contributed by atoms with Crippen molar-refractivity contribution in [3.8, 4) is 0 Å². The Morgan fingerprint density at radius 1 is 1.00 bits per heavy atom. The summed E-state index contributed by atoms with van der Waals surface area (Å²) in [5, 5.41) is 18.8. The number of amides is 1. The standard InChI is InChI=1S/C24H26N4O7/c1-34-22(30)16-6-17(23(31)35-2)8-18(7-16)25-21(29)20-19(28(32)33)12-27(26-20)24-9-13-3-14(10-24)5-15(4-13)11-24/h6-8,12-15H,3-5,9-11H2,1-2H3,(H,25,29). The molecule has 35 heavy (non-hydrogen) atoms. The number of hydrogen-bond donors (Lipinski definition) is 1. The van der Waals surface area contributed by atoms with Gasteiger partial charge in [-0.2, -0.15) is 5.10 Å². The van der Waals surface area contributed by atoms with Gasteiger partial charge in [0.25, 0.3) is 5.91 Å². The van der Waals surface area contributed by atoms with E-state index in [-0.39, 0.29) is 33.7 Å². The minimum atomic E-state index is -0.807. The molecule has 2 aromatic rings. The zero-order valence-electron chi connectivity index (χ0n) is 19.5. The van der Waals surface area contributed by atoms with Crippen molar-refractivity contribution in [1.82, 2.24) is 9.78 Å². The van der Waals surface area contributed by atoms with Crippen LogP contribution in [0.1, 0.15) is 69.7 Å². The third kappa shape index (κ3) is 4.04. The maximum Gasteiger partial charge on any atom is 0.337 e. The van der Waals surface area contributed by atoms with Crippen LogP contribution in [0.15, 0.2) is 24.4 Å². The number of hydrogen-bond acceptors (Lipinski definition) is 8. The van der Waals surface area contributed by atoms with Gasteiger partial charge >= 0.3 is 17.6 Å². The molecular formula is C24H26N4O7. The molecular weight excluding hydrogens is 456 g/mol. The zero-order valence-corrected chi connectivity index (χ0v) is 19.5. The largest absolute Gasteiger partial charge is 0.465 e. The Bertz CT molecular complexity index is 1160. The first-order valence-electron chi connectivity index (χ1n) is 11.6. The van der Waals surface area contributed by atoms with E-state index in [0.29, 0.717) is 17.8 Å². The molecule has 0 saturated heterocycles. The fourth-order valence-corrected chi connectivity index (χ4v) is 6.61. The fraction of sp³-hybridized carbons (Fsp3) is 0.500. The molecule has 0 atom stereocenters. The number of nitro groups is 1. The summed E-state index contributed by atoms with van der Waals surface area (Å²) in [4.78, 5) is 48.5. The fourth-order valence-electron chi connectivity index (χ4n) is 6.61. The van der Waals surface area contributed by atoms with Gasteiger partial charge in [-0.25, -0.2) is 9.59 Å². The Balaban J connectivity index is 1.48. The van der Waals surface area contributed by atoms with Crippen molar-refractivity contribution in [2.24, 2.45) is 17.8 Å². The molecule has 0 spiro atoms. The minimum Gasteiger partial charge on any atom is -0.465 e. The van der Waals surface area contributed by atoms with Gasteiger partial charge in [0.2, 0.25) is 5.69 Å². The summed E-state index contributed by atoms with van der Waals surface area (Å²) >= 11 is 0. The second kappa shape index (κ2) is 8.47. The lowest BCUT2D eigenvalue weighted by Crippen LogP contribution is -2.52. The molecule has 4 aliphatic rings. The molecule has 1 N–H and O–H groups in total. The summed E-state index contributed by atoms with van der Waals surface area (Å²) in [5.74, 6) is -0.455. The van der Waals surface area contributed by atoms with Crippen LogP contribution in [0.5, 0.6) is 0 Å².